The largest absolute Gasteiger partial charge is 0.478 e. The lowest BCUT2D eigenvalue weighted by Gasteiger charge is -2.05. The second kappa shape index (κ2) is 3.93. The topological polar surface area (TPSA) is 61.1 Å². The van der Waals surface area contributed by atoms with Crippen LogP contribution in [0, 0.1) is 18.3 Å². The first-order chi connectivity index (χ1) is 6.60. The molecule has 14 heavy (non-hydrogen) atoms. The van der Waals surface area contributed by atoms with Gasteiger partial charge in [0.15, 0.2) is 0 Å². The number of carbonyl (C=O) groups is 1. The Morgan fingerprint density at radius 2 is 2.21 bits per heavy atom. The zero-order chi connectivity index (χ0) is 10.7. The molecular formula is C11H11NO2. The van der Waals surface area contributed by atoms with Gasteiger partial charge in [0, 0.05) is 0 Å². The molecule has 0 aromatic heterocycles. The quantitative estimate of drug-likeness (QED) is 0.775. The van der Waals surface area contributed by atoms with E-state index >= 15 is 0 Å². The van der Waals surface area contributed by atoms with E-state index in [1.54, 1.807) is 13.0 Å². The van der Waals surface area contributed by atoms with Crippen molar-refractivity contribution in [3.8, 4) is 6.07 Å². The third-order valence-electron chi connectivity index (χ3n) is 2.14. The third-order valence-corrected chi connectivity index (χ3v) is 2.14. The van der Waals surface area contributed by atoms with E-state index in [-0.39, 0.29) is 11.1 Å². The molecule has 0 atom stereocenters. The van der Waals surface area contributed by atoms with Crippen molar-refractivity contribution in [3.63, 3.8) is 0 Å². The van der Waals surface area contributed by atoms with Crippen LogP contribution in [0.15, 0.2) is 12.1 Å². The summed E-state index contributed by atoms with van der Waals surface area (Å²) in [5.74, 6) is -1.04. The SMILES string of the molecule is CCc1cc(C)c(C(=O)O)c(C#N)c1. The van der Waals surface area contributed by atoms with E-state index in [1.807, 2.05) is 19.1 Å². The Morgan fingerprint density at radius 3 is 2.64 bits per heavy atom. The highest BCUT2D eigenvalue weighted by Gasteiger charge is 2.13. The zero-order valence-corrected chi connectivity index (χ0v) is 8.16. The van der Waals surface area contributed by atoms with Crippen molar-refractivity contribution in [3.05, 3.63) is 34.4 Å². The summed E-state index contributed by atoms with van der Waals surface area (Å²) in [7, 11) is 0. The van der Waals surface area contributed by atoms with Gasteiger partial charge < -0.3 is 5.11 Å². The molecule has 0 spiro atoms. The van der Waals surface area contributed by atoms with Crippen molar-refractivity contribution in [2.75, 3.05) is 0 Å². The van der Waals surface area contributed by atoms with Crippen molar-refractivity contribution in [2.45, 2.75) is 20.3 Å². The highest BCUT2D eigenvalue weighted by Crippen LogP contribution is 2.17. The highest BCUT2D eigenvalue weighted by atomic mass is 16.4. The summed E-state index contributed by atoms with van der Waals surface area (Å²) in [6.45, 7) is 3.68. The second-order valence-electron chi connectivity index (χ2n) is 3.11. The number of carboxylic acids is 1. The molecule has 3 nitrogen and oxygen atoms in total. The van der Waals surface area contributed by atoms with Crippen LogP contribution in [-0.2, 0) is 6.42 Å². The first-order valence-electron chi connectivity index (χ1n) is 4.37. The smallest absolute Gasteiger partial charge is 0.337 e. The summed E-state index contributed by atoms with van der Waals surface area (Å²) in [6.07, 6.45) is 0.801. The van der Waals surface area contributed by atoms with Crippen molar-refractivity contribution < 1.29 is 9.90 Å². The molecule has 1 aromatic rings. The minimum atomic E-state index is -1.04. The maximum absolute atomic E-state index is 10.8. The maximum Gasteiger partial charge on any atom is 0.337 e. The highest BCUT2D eigenvalue weighted by molar-refractivity contribution is 5.92. The average molecular weight is 189 g/mol. The van der Waals surface area contributed by atoms with E-state index in [0.29, 0.717) is 5.56 Å². The molecule has 0 heterocycles. The predicted octanol–water partition coefficient (Wildman–Crippen LogP) is 2.13. The van der Waals surface area contributed by atoms with Gasteiger partial charge in [-0.2, -0.15) is 5.26 Å². The van der Waals surface area contributed by atoms with Gasteiger partial charge in [0.2, 0.25) is 0 Å². The van der Waals surface area contributed by atoms with Crippen LogP contribution < -0.4 is 0 Å². The van der Waals surface area contributed by atoms with Gasteiger partial charge in [0.05, 0.1) is 11.1 Å². The first kappa shape index (κ1) is 10.3. The van der Waals surface area contributed by atoms with Crippen molar-refractivity contribution in [1.29, 1.82) is 5.26 Å². The lowest BCUT2D eigenvalue weighted by molar-refractivity contribution is 0.0696. The molecule has 0 saturated carbocycles. The Bertz CT molecular complexity index is 416. The minimum absolute atomic E-state index is 0.115. The van der Waals surface area contributed by atoms with E-state index in [4.69, 9.17) is 10.4 Å². The monoisotopic (exact) mass is 189 g/mol. The number of carboxylic acid groups (broad SMARTS) is 1. The molecule has 0 radical (unpaired) electrons. The van der Waals surface area contributed by atoms with Gasteiger partial charge in [-0.3, -0.25) is 0 Å². The summed E-state index contributed by atoms with van der Waals surface area (Å²) >= 11 is 0. The summed E-state index contributed by atoms with van der Waals surface area (Å²) < 4.78 is 0. The Labute approximate surface area is 82.6 Å². The van der Waals surface area contributed by atoms with Crippen LogP contribution in [0.25, 0.3) is 0 Å². The average Bonchev–Trinajstić information content (AvgIpc) is 2.15. The molecule has 3 heteroatoms. The lowest BCUT2D eigenvalue weighted by atomic mass is 9.98. The number of aryl methyl sites for hydroxylation is 2. The number of rotatable bonds is 2. The zero-order valence-electron chi connectivity index (χ0n) is 8.16. The van der Waals surface area contributed by atoms with E-state index in [2.05, 4.69) is 0 Å². The standard InChI is InChI=1S/C11H11NO2/c1-3-8-4-7(2)10(11(13)14)9(5-8)6-12/h4-5H,3H2,1-2H3,(H,13,14). The molecule has 1 rings (SSSR count). The molecule has 0 amide bonds. The molecular weight excluding hydrogens is 178 g/mol. The first-order valence-corrected chi connectivity index (χ1v) is 4.37. The van der Waals surface area contributed by atoms with E-state index in [9.17, 15) is 4.79 Å². The second-order valence-corrected chi connectivity index (χ2v) is 3.11. The van der Waals surface area contributed by atoms with Crippen LogP contribution in [0.4, 0.5) is 0 Å². The minimum Gasteiger partial charge on any atom is -0.478 e. The molecule has 0 unspecified atom stereocenters. The van der Waals surface area contributed by atoms with Crippen LogP contribution in [0.2, 0.25) is 0 Å². The Morgan fingerprint density at radius 1 is 1.57 bits per heavy atom. The number of benzene rings is 1. The molecule has 0 saturated heterocycles. The normalized spacial score (nSPS) is 9.50. The van der Waals surface area contributed by atoms with Crippen LogP contribution >= 0.6 is 0 Å². The summed E-state index contributed by atoms with van der Waals surface area (Å²) in [6, 6.07) is 5.36. The van der Waals surface area contributed by atoms with Gasteiger partial charge in [-0.25, -0.2) is 4.79 Å². The van der Waals surface area contributed by atoms with E-state index in [0.717, 1.165) is 12.0 Å². The van der Waals surface area contributed by atoms with Gasteiger partial charge in [-0.05, 0) is 30.5 Å². The van der Waals surface area contributed by atoms with Crippen molar-refractivity contribution in [1.82, 2.24) is 0 Å². The van der Waals surface area contributed by atoms with Gasteiger partial charge in [-0.15, -0.1) is 0 Å². The fourth-order valence-electron chi connectivity index (χ4n) is 1.44. The van der Waals surface area contributed by atoms with Gasteiger partial charge >= 0.3 is 5.97 Å². The fourth-order valence-corrected chi connectivity index (χ4v) is 1.44. The van der Waals surface area contributed by atoms with E-state index in [1.165, 1.54) is 0 Å². The number of hydrogen-bond donors (Lipinski definition) is 1. The fraction of sp³-hybridized carbons (Fsp3) is 0.273. The summed E-state index contributed by atoms with van der Waals surface area (Å²) in [4.78, 5) is 10.8. The molecule has 1 N–H and O–H groups in total. The third kappa shape index (κ3) is 1.74. The molecule has 72 valence electrons. The summed E-state index contributed by atoms with van der Waals surface area (Å²) in [5.41, 5.74) is 2.00. The molecule has 0 aliphatic carbocycles. The predicted molar refractivity (Wildman–Crippen MR) is 52.2 cm³/mol. The number of nitrogens with zero attached hydrogens (tertiary/aromatic N) is 1. The molecule has 0 fully saturated rings. The van der Waals surface area contributed by atoms with Crippen LogP contribution in [0.1, 0.15) is 34.0 Å². The number of hydrogen-bond acceptors (Lipinski definition) is 2. The van der Waals surface area contributed by atoms with Crippen LogP contribution in [0.3, 0.4) is 0 Å². The molecule has 1 aromatic carbocycles. The Kier molecular flexibility index (Phi) is 2.88. The molecule has 0 aliphatic heterocycles. The van der Waals surface area contributed by atoms with Crippen molar-refractivity contribution >= 4 is 5.97 Å². The number of nitriles is 1. The number of aromatic carboxylic acids is 1. The van der Waals surface area contributed by atoms with Gasteiger partial charge in [0.25, 0.3) is 0 Å². The lowest BCUT2D eigenvalue weighted by Crippen LogP contribution is -2.04. The summed E-state index contributed by atoms with van der Waals surface area (Å²) in [5, 5.41) is 17.7. The molecule has 0 aliphatic rings. The van der Waals surface area contributed by atoms with Crippen molar-refractivity contribution in [2.24, 2.45) is 0 Å². The van der Waals surface area contributed by atoms with Gasteiger partial charge in [0.1, 0.15) is 6.07 Å². The van der Waals surface area contributed by atoms with Crippen LogP contribution in [-0.4, -0.2) is 11.1 Å². The molecule has 0 bridgehead atoms. The van der Waals surface area contributed by atoms with E-state index < -0.39 is 5.97 Å². The Hall–Kier alpha value is -1.82. The van der Waals surface area contributed by atoms with Crippen LogP contribution in [0.5, 0.6) is 0 Å². The Balaban J connectivity index is 3.44. The maximum atomic E-state index is 10.8. The van der Waals surface area contributed by atoms with Gasteiger partial charge in [-0.1, -0.05) is 13.0 Å².